The smallest absolute Gasteiger partial charge is 0.261 e. The van der Waals surface area contributed by atoms with E-state index in [1.807, 2.05) is 4.57 Å². The molecule has 11 heteroatoms. The minimum atomic E-state index is -0.572. The Bertz CT molecular complexity index is 1340. The number of ether oxygens (including phenoxy) is 2. The summed E-state index contributed by atoms with van der Waals surface area (Å²) in [5, 5.41) is 5.63. The van der Waals surface area contributed by atoms with Gasteiger partial charge in [-0.15, -0.1) is 0 Å². The molecule has 0 bridgehead atoms. The van der Waals surface area contributed by atoms with Crippen molar-refractivity contribution in [2.45, 2.75) is 25.5 Å². The molecule has 5 rings (SSSR count). The van der Waals surface area contributed by atoms with Crippen LogP contribution in [-0.4, -0.2) is 44.1 Å². The van der Waals surface area contributed by atoms with Crippen LogP contribution in [0.3, 0.4) is 0 Å². The Hall–Kier alpha value is -4.12. The standard InChI is InChI=1S/C23H22FN7O3/c1-33-23-15(5-4-9-25-23)22(32)29-14-7-8-17(16(24)11-14)30-20-19-21(27-12-26-20)31(13-28-19)18-6-2-3-10-34-18/h4-5,7-9,11-13,18H,2-3,6,10H2,1H3,(H,29,32)(H,26,27,30). The Balaban J connectivity index is 1.35. The highest BCUT2D eigenvalue weighted by Crippen LogP contribution is 2.29. The molecular weight excluding hydrogens is 441 g/mol. The van der Waals surface area contributed by atoms with Gasteiger partial charge in [0.2, 0.25) is 5.88 Å². The van der Waals surface area contributed by atoms with Gasteiger partial charge in [-0.1, -0.05) is 0 Å². The van der Waals surface area contributed by atoms with E-state index in [1.165, 1.54) is 31.8 Å². The molecule has 0 saturated carbocycles. The molecular formula is C23H22FN7O3. The number of rotatable bonds is 6. The van der Waals surface area contributed by atoms with Gasteiger partial charge in [0, 0.05) is 18.5 Å². The number of halogens is 1. The minimum absolute atomic E-state index is 0.125. The third-order valence-electron chi connectivity index (χ3n) is 5.51. The number of anilines is 3. The Morgan fingerprint density at radius 3 is 2.91 bits per heavy atom. The molecule has 1 amide bonds. The van der Waals surface area contributed by atoms with Crippen LogP contribution in [0.2, 0.25) is 0 Å². The number of nitrogens with one attached hydrogen (secondary N) is 2. The number of imidazole rings is 1. The Kier molecular flexibility index (Phi) is 6.00. The van der Waals surface area contributed by atoms with Gasteiger partial charge in [0.05, 0.1) is 19.1 Å². The second-order valence-corrected chi connectivity index (χ2v) is 7.70. The van der Waals surface area contributed by atoms with Crippen molar-refractivity contribution in [1.29, 1.82) is 0 Å². The molecule has 1 atom stereocenters. The SMILES string of the molecule is COc1ncccc1C(=O)Nc1ccc(Nc2ncnc3c2ncn3C2CCCCO2)c(F)c1. The maximum absolute atomic E-state index is 14.9. The van der Waals surface area contributed by atoms with Gasteiger partial charge < -0.3 is 20.1 Å². The molecule has 1 fully saturated rings. The molecule has 4 heterocycles. The second-order valence-electron chi connectivity index (χ2n) is 7.70. The zero-order chi connectivity index (χ0) is 23.5. The van der Waals surface area contributed by atoms with Crippen molar-refractivity contribution in [3.8, 4) is 5.88 Å². The van der Waals surface area contributed by atoms with Crippen molar-refractivity contribution in [3.05, 3.63) is 60.6 Å². The van der Waals surface area contributed by atoms with Crippen LogP contribution in [0.15, 0.2) is 49.2 Å². The molecule has 0 radical (unpaired) electrons. The van der Waals surface area contributed by atoms with Gasteiger partial charge in [0.15, 0.2) is 17.0 Å². The third kappa shape index (κ3) is 4.25. The van der Waals surface area contributed by atoms with Crippen molar-refractivity contribution >= 4 is 34.3 Å². The van der Waals surface area contributed by atoms with Crippen LogP contribution in [0, 0.1) is 5.82 Å². The molecule has 34 heavy (non-hydrogen) atoms. The van der Waals surface area contributed by atoms with E-state index < -0.39 is 11.7 Å². The molecule has 1 aromatic carbocycles. The number of aromatic nitrogens is 5. The average Bonchev–Trinajstić information content (AvgIpc) is 3.31. The van der Waals surface area contributed by atoms with Crippen molar-refractivity contribution in [2.24, 2.45) is 0 Å². The Morgan fingerprint density at radius 2 is 2.12 bits per heavy atom. The van der Waals surface area contributed by atoms with Crippen molar-refractivity contribution in [3.63, 3.8) is 0 Å². The number of carbonyl (C=O) groups is 1. The molecule has 10 nitrogen and oxygen atoms in total. The van der Waals surface area contributed by atoms with Crippen LogP contribution in [-0.2, 0) is 4.74 Å². The van der Waals surface area contributed by atoms with Crippen molar-refractivity contribution < 1.29 is 18.7 Å². The summed E-state index contributed by atoms with van der Waals surface area (Å²) in [6, 6.07) is 7.51. The number of carbonyl (C=O) groups excluding carboxylic acids is 1. The van der Waals surface area contributed by atoms with Crippen molar-refractivity contribution in [1.82, 2.24) is 24.5 Å². The summed E-state index contributed by atoms with van der Waals surface area (Å²) in [6.07, 6.45) is 7.45. The zero-order valence-corrected chi connectivity index (χ0v) is 18.4. The molecule has 0 spiro atoms. The summed E-state index contributed by atoms with van der Waals surface area (Å²) in [5.41, 5.74) is 1.83. The number of fused-ring (bicyclic) bond motifs is 1. The maximum Gasteiger partial charge on any atom is 0.261 e. The van der Waals surface area contributed by atoms with E-state index in [-0.39, 0.29) is 29.0 Å². The molecule has 1 aliphatic heterocycles. The van der Waals surface area contributed by atoms with E-state index in [2.05, 4.69) is 30.6 Å². The van der Waals surface area contributed by atoms with Crippen LogP contribution < -0.4 is 15.4 Å². The summed E-state index contributed by atoms with van der Waals surface area (Å²) >= 11 is 0. The quantitative estimate of drug-likeness (QED) is 0.440. The first-order valence-electron chi connectivity index (χ1n) is 10.8. The summed E-state index contributed by atoms with van der Waals surface area (Å²) < 4.78 is 27.7. The van der Waals surface area contributed by atoms with Gasteiger partial charge in [-0.3, -0.25) is 9.36 Å². The molecule has 1 unspecified atom stereocenters. The van der Waals surface area contributed by atoms with E-state index in [1.54, 1.807) is 24.5 Å². The van der Waals surface area contributed by atoms with Gasteiger partial charge in [0.25, 0.3) is 5.91 Å². The maximum atomic E-state index is 14.9. The normalized spacial score (nSPS) is 15.8. The fourth-order valence-corrected chi connectivity index (χ4v) is 3.84. The van der Waals surface area contributed by atoms with Crippen LogP contribution in [0.25, 0.3) is 11.2 Å². The highest BCUT2D eigenvalue weighted by Gasteiger charge is 2.21. The summed E-state index contributed by atoms with van der Waals surface area (Å²) in [5.74, 6) is -0.476. The summed E-state index contributed by atoms with van der Waals surface area (Å²) in [6.45, 7) is 0.697. The minimum Gasteiger partial charge on any atom is -0.480 e. The fourth-order valence-electron chi connectivity index (χ4n) is 3.84. The van der Waals surface area contributed by atoms with Crippen LogP contribution in [0.5, 0.6) is 5.88 Å². The lowest BCUT2D eigenvalue weighted by molar-refractivity contribution is -0.0298. The first-order valence-corrected chi connectivity index (χ1v) is 10.8. The molecule has 1 saturated heterocycles. The van der Waals surface area contributed by atoms with E-state index in [0.29, 0.717) is 23.6 Å². The van der Waals surface area contributed by atoms with Crippen LogP contribution in [0.4, 0.5) is 21.6 Å². The monoisotopic (exact) mass is 463 g/mol. The van der Waals surface area contributed by atoms with Gasteiger partial charge in [-0.2, -0.15) is 0 Å². The number of pyridine rings is 1. The fraction of sp³-hybridized carbons (Fsp3) is 0.261. The van der Waals surface area contributed by atoms with Gasteiger partial charge in [0.1, 0.15) is 23.9 Å². The van der Waals surface area contributed by atoms with E-state index in [0.717, 1.165) is 19.3 Å². The van der Waals surface area contributed by atoms with Gasteiger partial charge >= 0.3 is 0 Å². The number of methoxy groups -OCH3 is 1. The van der Waals surface area contributed by atoms with E-state index >= 15 is 0 Å². The van der Waals surface area contributed by atoms with Crippen molar-refractivity contribution in [2.75, 3.05) is 24.4 Å². The topological polar surface area (TPSA) is 116 Å². The Labute approximate surface area is 194 Å². The molecule has 0 aliphatic carbocycles. The predicted octanol–water partition coefficient (Wildman–Crippen LogP) is 4.06. The Morgan fingerprint density at radius 1 is 1.21 bits per heavy atom. The molecule has 2 N–H and O–H groups in total. The predicted molar refractivity (Wildman–Crippen MR) is 123 cm³/mol. The second kappa shape index (κ2) is 9.40. The highest BCUT2D eigenvalue weighted by molar-refractivity contribution is 6.05. The highest BCUT2D eigenvalue weighted by atomic mass is 19.1. The average molecular weight is 463 g/mol. The number of hydrogen-bond acceptors (Lipinski definition) is 8. The van der Waals surface area contributed by atoms with Crippen LogP contribution >= 0.6 is 0 Å². The lowest BCUT2D eigenvalue weighted by atomic mass is 10.2. The van der Waals surface area contributed by atoms with E-state index in [4.69, 9.17) is 9.47 Å². The first-order chi connectivity index (χ1) is 16.6. The largest absolute Gasteiger partial charge is 0.480 e. The summed E-state index contributed by atoms with van der Waals surface area (Å²) in [4.78, 5) is 29.6. The molecule has 3 aromatic heterocycles. The third-order valence-corrected chi connectivity index (χ3v) is 5.51. The van der Waals surface area contributed by atoms with Crippen LogP contribution in [0.1, 0.15) is 35.8 Å². The number of benzene rings is 1. The number of nitrogens with zero attached hydrogens (tertiary/aromatic N) is 5. The van der Waals surface area contributed by atoms with Gasteiger partial charge in [-0.05, 0) is 49.6 Å². The summed E-state index contributed by atoms with van der Waals surface area (Å²) in [7, 11) is 1.43. The molecule has 4 aromatic rings. The lowest BCUT2D eigenvalue weighted by Gasteiger charge is -2.23. The number of hydrogen-bond donors (Lipinski definition) is 2. The molecule has 174 valence electrons. The first kappa shape index (κ1) is 21.7. The van der Waals surface area contributed by atoms with Gasteiger partial charge in [-0.25, -0.2) is 24.3 Å². The number of amides is 1. The lowest BCUT2D eigenvalue weighted by Crippen LogP contribution is -2.17. The zero-order valence-electron chi connectivity index (χ0n) is 18.4. The van der Waals surface area contributed by atoms with E-state index in [9.17, 15) is 9.18 Å². The molecule has 1 aliphatic rings.